The number of amides is 3. The highest BCUT2D eigenvalue weighted by molar-refractivity contribution is 5.92. The van der Waals surface area contributed by atoms with Crippen molar-refractivity contribution < 1.29 is 23.5 Å². The fourth-order valence-corrected chi connectivity index (χ4v) is 2.42. The molecule has 0 aromatic heterocycles. The van der Waals surface area contributed by atoms with Gasteiger partial charge < -0.3 is 25.0 Å². The first-order valence-electron chi connectivity index (χ1n) is 8.14. The quantitative estimate of drug-likeness (QED) is 0.810. The van der Waals surface area contributed by atoms with Crippen LogP contribution in [0, 0.1) is 5.82 Å². The van der Waals surface area contributed by atoms with Crippen molar-refractivity contribution in [2.45, 2.75) is 13.5 Å². The standard InChI is InChI=1S/C19H22FN3O4/c1-12(24)21-17-9-14(6-8-16(17)20)22-19(25)23(2)11-13-5-7-15(26-3)10-18(13)27-4/h5-10H,11H2,1-4H3,(H,21,24)(H,22,25). The Kier molecular flexibility index (Phi) is 6.59. The van der Waals surface area contributed by atoms with E-state index in [-0.39, 0.29) is 5.69 Å². The smallest absolute Gasteiger partial charge is 0.321 e. The maximum atomic E-state index is 13.7. The molecule has 2 rings (SSSR count). The third-order valence-corrected chi connectivity index (χ3v) is 3.78. The average molecular weight is 375 g/mol. The number of carbonyl (C=O) groups excluding carboxylic acids is 2. The average Bonchev–Trinajstić information content (AvgIpc) is 2.64. The molecule has 0 unspecified atom stereocenters. The van der Waals surface area contributed by atoms with Gasteiger partial charge in [-0.2, -0.15) is 0 Å². The van der Waals surface area contributed by atoms with Gasteiger partial charge in [-0.1, -0.05) is 0 Å². The van der Waals surface area contributed by atoms with Gasteiger partial charge in [0.2, 0.25) is 5.91 Å². The Hall–Kier alpha value is -3.29. The molecule has 8 heteroatoms. The minimum absolute atomic E-state index is 0.000207. The first-order valence-corrected chi connectivity index (χ1v) is 8.14. The Bertz CT molecular complexity index is 842. The maximum Gasteiger partial charge on any atom is 0.321 e. The Morgan fingerprint density at radius 3 is 2.44 bits per heavy atom. The summed E-state index contributed by atoms with van der Waals surface area (Å²) in [5.74, 6) is 0.267. The summed E-state index contributed by atoms with van der Waals surface area (Å²) in [6.07, 6.45) is 0. The fraction of sp³-hybridized carbons (Fsp3) is 0.263. The van der Waals surface area contributed by atoms with Gasteiger partial charge in [-0.25, -0.2) is 9.18 Å². The van der Waals surface area contributed by atoms with Crippen molar-refractivity contribution in [3.8, 4) is 11.5 Å². The van der Waals surface area contributed by atoms with Gasteiger partial charge in [-0.15, -0.1) is 0 Å². The van der Waals surface area contributed by atoms with E-state index < -0.39 is 17.8 Å². The van der Waals surface area contributed by atoms with Gasteiger partial charge in [0.25, 0.3) is 0 Å². The van der Waals surface area contributed by atoms with Gasteiger partial charge in [0, 0.05) is 31.3 Å². The van der Waals surface area contributed by atoms with Crippen molar-refractivity contribution in [1.29, 1.82) is 0 Å². The number of hydrogen-bond donors (Lipinski definition) is 2. The lowest BCUT2D eigenvalue weighted by Gasteiger charge is -2.20. The highest BCUT2D eigenvalue weighted by atomic mass is 19.1. The number of nitrogens with one attached hydrogen (secondary N) is 2. The van der Waals surface area contributed by atoms with Crippen LogP contribution in [0.5, 0.6) is 11.5 Å². The van der Waals surface area contributed by atoms with Crippen molar-refractivity contribution >= 4 is 23.3 Å². The van der Waals surface area contributed by atoms with E-state index in [0.29, 0.717) is 23.7 Å². The summed E-state index contributed by atoms with van der Waals surface area (Å²) in [6.45, 7) is 1.57. The van der Waals surface area contributed by atoms with Gasteiger partial charge in [0.1, 0.15) is 17.3 Å². The largest absolute Gasteiger partial charge is 0.497 e. The normalized spacial score (nSPS) is 10.1. The van der Waals surface area contributed by atoms with Crippen LogP contribution in [0.4, 0.5) is 20.6 Å². The van der Waals surface area contributed by atoms with E-state index in [4.69, 9.17) is 9.47 Å². The molecule has 144 valence electrons. The van der Waals surface area contributed by atoms with Gasteiger partial charge >= 0.3 is 6.03 Å². The summed E-state index contributed by atoms with van der Waals surface area (Å²) in [4.78, 5) is 25.0. The topological polar surface area (TPSA) is 79.9 Å². The van der Waals surface area contributed by atoms with E-state index in [1.54, 1.807) is 33.4 Å². The number of anilines is 2. The molecular formula is C19H22FN3O4. The lowest BCUT2D eigenvalue weighted by atomic mass is 10.2. The number of rotatable bonds is 6. The molecule has 2 N–H and O–H groups in total. The van der Waals surface area contributed by atoms with Gasteiger partial charge in [-0.05, 0) is 30.3 Å². The first kappa shape index (κ1) is 20.0. The molecule has 0 aliphatic heterocycles. The van der Waals surface area contributed by atoms with Crippen LogP contribution in [0.3, 0.4) is 0 Å². The summed E-state index contributed by atoms with van der Waals surface area (Å²) in [6, 6.07) is 8.89. The van der Waals surface area contributed by atoms with E-state index in [0.717, 1.165) is 5.56 Å². The van der Waals surface area contributed by atoms with Crippen LogP contribution in [0.2, 0.25) is 0 Å². The first-order chi connectivity index (χ1) is 12.8. The molecule has 0 heterocycles. The Balaban J connectivity index is 2.09. The molecule has 0 saturated carbocycles. The predicted molar refractivity (Wildman–Crippen MR) is 101 cm³/mol. The Morgan fingerprint density at radius 1 is 1.07 bits per heavy atom. The zero-order valence-electron chi connectivity index (χ0n) is 15.6. The molecule has 0 saturated heterocycles. The number of nitrogens with zero attached hydrogens (tertiary/aromatic N) is 1. The molecule has 0 atom stereocenters. The Labute approximate surface area is 157 Å². The second kappa shape index (κ2) is 8.88. The van der Waals surface area contributed by atoms with Crippen LogP contribution >= 0.6 is 0 Å². The van der Waals surface area contributed by atoms with Crippen molar-refractivity contribution in [3.63, 3.8) is 0 Å². The van der Waals surface area contributed by atoms with Gasteiger partial charge in [0.05, 0.1) is 26.5 Å². The molecule has 27 heavy (non-hydrogen) atoms. The van der Waals surface area contributed by atoms with Crippen LogP contribution in [-0.2, 0) is 11.3 Å². The number of methoxy groups -OCH3 is 2. The summed E-state index contributed by atoms with van der Waals surface area (Å²) < 4.78 is 24.2. The van der Waals surface area contributed by atoms with Crippen molar-refractivity contribution in [3.05, 3.63) is 47.8 Å². The Morgan fingerprint density at radius 2 is 1.81 bits per heavy atom. The minimum Gasteiger partial charge on any atom is -0.497 e. The van der Waals surface area contributed by atoms with E-state index in [1.165, 1.54) is 30.0 Å². The maximum absolute atomic E-state index is 13.7. The zero-order valence-corrected chi connectivity index (χ0v) is 15.6. The summed E-state index contributed by atoms with van der Waals surface area (Å²) in [5, 5.41) is 5.04. The summed E-state index contributed by atoms with van der Waals surface area (Å²) >= 11 is 0. The predicted octanol–water partition coefficient (Wildman–Crippen LogP) is 3.47. The highest BCUT2D eigenvalue weighted by Crippen LogP contribution is 2.26. The second-order valence-corrected chi connectivity index (χ2v) is 5.84. The molecule has 3 amide bonds. The zero-order chi connectivity index (χ0) is 20.0. The highest BCUT2D eigenvalue weighted by Gasteiger charge is 2.14. The number of ether oxygens (including phenoxy) is 2. The number of carbonyl (C=O) groups is 2. The fourth-order valence-electron chi connectivity index (χ4n) is 2.42. The lowest BCUT2D eigenvalue weighted by Crippen LogP contribution is -2.31. The van der Waals surface area contributed by atoms with Crippen molar-refractivity contribution in [2.24, 2.45) is 0 Å². The van der Waals surface area contributed by atoms with E-state index >= 15 is 0 Å². The molecule has 0 fully saturated rings. The van der Waals surface area contributed by atoms with Gasteiger partial charge in [0.15, 0.2) is 0 Å². The molecule has 0 bridgehead atoms. The molecule has 2 aromatic rings. The molecular weight excluding hydrogens is 353 g/mol. The monoisotopic (exact) mass is 375 g/mol. The lowest BCUT2D eigenvalue weighted by molar-refractivity contribution is -0.114. The van der Waals surface area contributed by atoms with Crippen LogP contribution in [-0.4, -0.2) is 38.1 Å². The number of halogens is 1. The molecule has 0 aliphatic rings. The number of benzene rings is 2. The minimum atomic E-state index is -0.584. The van der Waals surface area contributed by atoms with Crippen LogP contribution in [0.15, 0.2) is 36.4 Å². The van der Waals surface area contributed by atoms with Crippen molar-refractivity contribution in [1.82, 2.24) is 4.90 Å². The summed E-state index contributed by atoms with van der Waals surface area (Å²) in [5.41, 5.74) is 1.16. The van der Waals surface area contributed by atoms with E-state index in [2.05, 4.69) is 10.6 Å². The van der Waals surface area contributed by atoms with Crippen LogP contribution in [0.25, 0.3) is 0 Å². The molecule has 0 spiro atoms. The summed E-state index contributed by atoms with van der Waals surface area (Å²) in [7, 11) is 4.73. The third-order valence-electron chi connectivity index (χ3n) is 3.78. The van der Waals surface area contributed by atoms with Crippen molar-refractivity contribution in [2.75, 3.05) is 31.9 Å². The molecule has 7 nitrogen and oxygen atoms in total. The third kappa shape index (κ3) is 5.34. The molecule has 0 radical (unpaired) electrons. The van der Waals surface area contributed by atoms with E-state index in [1.807, 2.05) is 6.07 Å². The van der Waals surface area contributed by atoms with E-state index in [9.17, 15) is 14.0 Å². The SMILES string of the molecule is COc1ccc(CN(C)C(=O)Nc2ccc(F)c(NC(C)=O)c2)c(OC)c1. The number of hydrogen-bond acceptors (Lipinski definition) is 4. The van der Waals surface area contributed by atoms with Gasteiger partial charge in [-0.3, -0.25) is 4.79 Å². The molecule has 2 aromatic carbocycles. The molecule has 0 aliphatic carbocycles. The number of urea groups is 1. The van der Waals surface area contributed by atoms with Crippen LogP contribution < -0.4 is 20.1 Å². The van der Waals surface area contributed by atoms with Crippen LogP contribution in [0.1, 0.15) is 12.5 Å². The second-order valence-electron chi connectivity index (χ2n) is 5.84.